The molecule has 0 saturated heterocycles. The smallest absolute Gasteiger partial charge is 0.339 e. The molecule has 0 aliphatic rings. The topological polar surface area (TPSA) is 46.5 Å². The first-order valence-electron chi connectivity index (χ1n) is 5.91. The second-order valence-corrected chi connectivity index (χ2v) is 4.92. The lowest BCUT2D eigenvalue weighted by molar-refractivity contribution is 0.0691. The highest BCUT2D eigenvalue weighted by Gasteiger charge is 2.13. The van der Waals surface area contributed by atoms with Crippen molar-refractivity contribution in [2.45, 2.75) is 33.6 Å². The maximum absolute atomic E-state index is 11.1. The van der Waals surface area contributed by atoms with Crippen molar-refractivity contribution in [1.29, 1.82) is 0 Å². The fourth-order valence-corrected chi connectivity index (χ4v) is 1.45. The molecule has 0 saturated carbocycles. The van der Waals surface area contributed by atoms with E-state index in [1.807, 2.05) is 26.0 Å². The number of benzene rings is 1. The molecule has 17 heavy (non-hydrogen) atoms. The highest BCUT2D eigenvalue weighted by molar-refractivity contribution is 5.91. The SMILES string of the molecule is CC(C)COc1cc(C(C)C)ccc1C(=O)O. The van der Waals surface area contributed by atoms with Gasteiger partial charge in [-0.1, -0.05) is 33.8 Å². The molecule has 0 spiro atoms. The van der Waals surface area contributed by atoms with E-state index < -0.39 is 5.97 Å². The van der Waals surface area contributed by atoms with E-state index in [-0.39, 0.29) is 5.56 Å². The average Bonchev–Trinajstić information content (AvgIpc) is 2.25. The Hall–Kier alpha value is -1.51. The van der Waals surface area contributed by atoms with Crippen molar-refractivity contribution < 1.29 is 14.6 Å². The minimum atomic E-state index is -0.945. The predicted octanol–water partition coefficient (Wildman–Crippen LogP) is 3.54. The van der Waals surface area contributed by atoms with E-state index in [1.165, 1.54) is 0 Å². The molecule has 1 rings (SSSR count). The highest BCUT2D eigenvalue weighted by atomic mass is 16.5. The molecule has 0 amide bonds. The number of carboxylic acids is 1. The lowest BCUT2D eigenvalue weighted by Gasteiger charge is -2.14. The first kappa shape index (κ1) is 13.6. The molecule has 0 unspecified atom stereocenters. The van der Waals surface area contributed by atoms with Gasteiger partial charge >= 0.3 is 5.97 Å². The average molecular weight is 236 g/mol. The van der Waals surface area contributed by atoms with Crippen molar-refractivity contribution in [1.82, 2.24) is 0 Å². The van der Waals surface area contributed by atoms with Crippen molar-refractivity contribution in [2.75, 3.05) is 6.61 Å². The first-order chi connectivity index (χ1) is 7.91. The zero-order valence-electron chi connectivity index (χ0n) is 10.9. The fraction of sp³-hybridized carbons (Fsp3) is 0.500. The summed E-state index contributed by atoms with van der Waals surface area (Å²) in [6.45, 7) is 8.74. The van der Waals surface area contributed by atoms with Crippen molar-refractivity contribution >= 4 is 5.97 Å². The third-order valence-corrected chi connectivity index (χ3v) is 2.47. The van der Waals surface area contributed by atoms with E-state index in [2.05, 4.69) is 13.8 Å². The van der Waals surface area contributed by atoms with Crippen LogP contribution < -0.4 is 4.74 Å². The Morgan fingerprint density at radius 2 is 1.94 bits per heavy atom. The Morgan fingerprint density at radius 3 is 2.41 bits per heavy atom. The van der Waals surface area contributed by atoms with Crippen LogP contribution in [-0.2, 0) is 0 Å². The highest BCUT2D eigenvalue weighted by Crippen LogP contribution is 2.25. The first-order valence-corrected chi connectivity index (χ1v) is 5.91. The van der Waals surface area contributed by atoms with E-state index in [9.17, 15) is 4.79 Å². The molecule has 94 valence electrons. The van der Waals surface area contributed by atoms with Crippen LogP contribution in [0.5, 0.6) is 5.75 Å². The Bertz CT molecular complexity index is 394. The van der Waals surface area contributed by atoms with E-state index in [1.54, 1.807) is 6.07 Å². The zero-order valence-corrected chi connectivity index (χ0v) is 10.9. The fourth-order valence-electron chi connectivity index (χ4n) is 1.45. The van der Waals surface area contributed by atoms with Crippen LogP contribution in [0.15, 0.2) is 18.2 Å². The van der Waals surface area contributed by atoms with Crippen LogP contribution >= 0.6 is 0 Å². The van der Waals surface area contributed by atoms with Crippen LogP contribution in [0.25, 0.3) is 0 Å². The predicted molar refractivity (Wildman–Crippen MR) is 67.8 cm³/mol. The Morgan fingerprint density at radius 1 is 1.29 bits per heavy atom. The second-order valence-electron chi connectivity index (χ2n) is 4.92. The van der Waals surface area contributed by atoms with Crippen LogP contribution in [0, 0.1) is 5.92 Å². The van der Waals surface area contributed by atoms with Crippen molar-refractivity contribution in [2.24, 2.45) is 5.92 Å². The Balaban J connectivity index is 3.02. The number of hydrogen-bond acceptors (Lipinski definition) is 2. The van der Waals surface area contributed by atoms with Gasteiger partial charge in [-0.15, -0.1) is 0 Å². The van der Waals surface area contributed by atoms with Gasteiger partial charge in [0.2, 0.25) is 0 Å². The monoisotopic (exact) mass is 236 g/mol. The number of carbonyl (C=O) groups is 1. The summed E-state index contributed by atoms with van der Waals surface area (Å²) in [4.78, 5) is 11.1. The summed E-state index contributed by atoms with van der Waals surface area (Å²) in [5, 5.41) is 9.08. The number of aromatic carboxylic acids is 1. The zero-order chi connectivity index (χ0) is 13.0. The van der Waals surface area contributed by atoms with E-state index in [0.717, 1.165) is 5.56 Å². The summed E-state index contributed by atoms with van der Waals surface area (Å²) in [5.41, 5.74) is 1.32. The summed E-state index contributed by atoms with van der Waals surface area (Å²) >= 11 is 0. The lowest BCUT2D eigenvalue weighted by atomic mass is 10.0. The number of carboxylic acid groups (broad SMARTS) is 1. The Labute approximate surface area is 102 Å². The number of ether oxygens (including phenoxy) is 1. The van der Waals surface area contributed by atoms with Gasteiger partial charge in [0.1, 0.15) is 11.3 Å². The molecule has 0 bridgehead atoms. The molecule has 0 radical (unpaired) electrons. The number of hydrogen-bond donors (Lipinski definition) is 1. The van der Waals surface area contributed by atoms with Gasteiger partial charge in [0.05, 0.1) is 6.61 Å². The molecular weight excluding hydrogens is 216 g/mol. The van der Waals surface area contributed by atoms with Gasteiger partial charge in [0.15, 0.2) is 0 Å². The molecular formula is C14H20O3. The van der Waals surface area contributed by atoms with Crippen molar-refractivity contribution in [3.05, 3.63) is 29.3 Å². The molecule has 0 aliphatic heterocycles. The normalized spacial score (nSPS) is 10.9. The molecule has 0 heterocycles. The minimum absolute atomic E-state index is 0.232. The van der Waals surface area contributed by atoms with Crippen LogP contribution in [0.4, 0.5) is 0 Å². The third kappa shape index (κ3) is 3.77. The quantitative estimate of drug-likeness (QED) is 0.850. The molecule has 1 N–H and O–H groups in total. The van der Waals surface area contributed by atoms with Gasteiger partial charge in [0.25, 0.3) is 0 Å². The molecule has 0 aliphatic carbocycles. The minimum Gasteiger partial charge on any atom is -0.492 e. The van der Waals surface area contributed by atoms with Crippen molar-refractivity contribution in [3.8, 4) is 5.75 Å². The van der Waals surface area contributed by atoms with Gasteiger partial charge in [-0.25, -0.2) is 4.79 Å². The van der Waals surface area contributed by atoms with Crippen LogP contribution in [0.3, 0.4) is 0 Å². The summed E-state index contributed by atoms with van der Waals surface area (Å²) < 4.78 is 5.57. The van der Waals surface area contributed by atoms with E-state index in [0.29, 0.717) is 24.2 Å². The van der Waals surface area contributed by atoms with Gasteiger partial charge in [-0.05, 0) is 29.5 Å². The van der Waals surface area contributed by atoms with Gasteiger partial charge in [0, 0.05) is 0 Å². The number of rotatable bonds is 5. The third-order valence-electron chi connectivity index (χ3n) is 2.47. The van der Waals surface area contributed by atoms with Gasteiger partial charge in [-0.2, -0.15) is 0 Å². The van der Waals surface area contributed by atoms with Crippen molar-refractivity contribution in [3.63, 3.8) is 0 Å². The van der Waals surface area contributed by atoms with E-state index >= 15 is 0 Å². The summed E-state index contributed by atoms with van der Waals surface area (Å²) in [5.74, 6) is 0.259. The van der Waals surface area contributed by atoms with Crippen LogP contribution in [0.2, 0.25) is 0 Å². The Kier molecular flexibility index (Phi) is 4.55. The van der Waals surface area contributed by atoms with E-state index in [4.69, 9.17) is 9.84 Å². The summed E-state index contributed by atoms with van der Waals surface area (Å²) in [6.07, 6.45) is 0. The van der Waals surface area contributed by atoms with Gasteiger partial charge < -0.3 is 9.84 Å². The van der Waals surface area contributed by atoms with Crippen LogP contribution in [-0.4, -0.2) is 17.7 Å². The molecule has 0 fully saturated rings. The molecule has 1 aromatic rings. The van der Waals surface area contributed by atoms with Gasteiger partial charge in [-0.3, -0.25) is 0 Å². The molecule has 0 aromatic heterocycles. The molecule has 1 aromatic carbocycles. The molecule has 3 heteroatoms. The standard InChI is InChI=1S/C14H20O3/c1-9(2)8-17-13-7-11(10(3)4)5-6-12(13)14(15)16/h5-7,9-10H,8H2,1-4H3,(H,15,16). The maximum atomic E-state index is 11.1. The molecule has 0 atom stereocenters. The largest absolute Gasteiger partial charge is 0.492 e. The second kappa shape index (κ2) is 5.71. The lowest BCUT2D eigenvalue weighted by Crippen LogP contribution is -2.09. The summed E-state index contributed by atoms with van der Waals surface area (Å²) in [7, 11) is 0. The molecule has 3 nitrogen and oxygen atoms in total. The van der Waals surface area contributed by atoms with Crippen LogP contribution in [0.1, 0.15) is 49.5 Å². The maximum Gasteiger partial charge on any atom is 0.339 e. The summed E-state index contributed by atoms with van der Waals surface area (Å²) in [6, 6.07) is 5.29.